The lowest BCUT2D eigenvalue weighted by Crippen LogP contribution is -2.08. The van der Waals surface area contributed by atoms with Crippen LogP contribution in [0.1, 0.15) is 23.5 Å². The Hall–Kier alpha value is -2.46. The highest BCUT2D eigenvalue weighted by molar-refractivity contribution is 7.09. The summed E-state index contributed by atoms with van der Waals surface area (Å²) >= 11 is 1.47. The second-order valence-electron chi connectivity index (χ2n) is 3.84. The number of rotatable bonds is 4. The third-order valence-electron chi connectivity index (χ3n) is 2.52. The third kappa shape index (κ3) is 2.86. The van der Waals surface area contributed by atoms with E-state index in [-0.39, 0.29) is 11.7 Å². The number of benzene rings is 1. The van der Waals surface area contributed by atoms with Crippen LogP contribution in [-0.4, -0.2) is 9.91 Å². The molecule has 1 atom stereocenters. The monoisotopic (exact) mass is 274 g/mol. The van der Waals surface area contributed by atoms with Crippen LogP contribution in [0.3, 0.4) is 0 Å². The van der Waals surface area contributed by atoms with Gasteiger partial charge in [0, 0.05) is 17.6 Å². The molecule has 1 N–H and O–H groups in total. The summed E-state index contributed by atoms with van der Waals surface area (Å²) in [5, 5.41) is 25.5. The first-order valence-corrected chi connectivity index (χ1v) is 6.34. The first-order chi connectivity index (χ1) is 9.11. The second-order valence-corrected chi connectivity index (χ2v) is 4.76. The molecular weight excluding hydrogens is 264 g/mol. The van der Waals surface area contributed by atoms with Gasteiger partial charge in [-0.05, 0) is 19.1 Å². The van der Waals surface area contributed by atoms with Crippen molar-refractivity contribution in [2.45, 2.75) is 13.0 Å². The zero-order valence-electron chi connectivity index (χ0n) is 10.0. The number of nitro benzene ring substituents is 1. The Morgan fingerprint density at radius 3 is 2.95 bits per heavy atom. The van der Waals surface area contributed by atoms with E-state index >= 15 is 0 Å². The summed E-state index contributed by atoms with van der Waals surface area (Å²) in [6.45, 7) is 1.86. The molecule has 0 saturated carbocycles. The van der Waals surface area contributed by atoms with Crippen molar-refractivity contribution < 1.29 is 4.92 Å². The Morgan fingerprint density at radius 2 is 2.37 bits per heavy atom. The molecule has 7 heteroatoms. The number of anilines is 1. The van der Waals surface area contributed by atoms with Crippen LogP contribution in [0.15, 0.2) is 29.8 Å². The molecule has 19 heavy (non-hydrogen) atoms. The number of nitrogens with one attached hydrogen (secondary N) is 1. The minimum atomic E-state index is -0.474. The maximum Gasteiger partial charge on any atom is 0.292 e. The maximum atomic E-state index is 11.0. The molecule has 0 fully saturated rings. The lowest BCUT2D eigenvalue weighted by Gasteiger charge is -2.12. The Bertz CT molecular complexity index is 634. The molecule has 2 aromatic rings. The van der Waals surface area contributed by atoms with Gasteiger partial charge in [-0.25, -0.2) is 4.98 Å². The van der Waals surface area contributed by atoms with Crippen molar-refractivity contribution in [1.82, 2.24) is 4.98 Å². The molecule has 1 heterocycles. The van der Waals surface area contributed by atoms with E-state index in [1.807, 2.05) is 18.4 Å². The predicted octanol–water partition coefficient (Wildman–Crippen LogP) is 3.10. The van der Waals surface area contributed by atoms with Gasteiger partial charge in [-0.15, -0.1) is 11.3 Å². The van der Waals surface area contributed by atoms with Gasteiger partial charge in [-0.2, -0.15) is 5.26 Å². The van der Waals surface area contributed by atoms with E-state index in [9.17, 15) is 10.1 Å². The SMILES string of the molecule is CC(Nc1cc(C#N)ccc1[N+](=O)[O-])c1nccs1. The zero-order valence-corrected chi connectivity index (χ0v) is 10.8. The molecule has 0 spiro atoms. The highest BCUT2D eigenvalue weighted by Crippen LogP contribution is 2.29. The Morgan fingerprint density at radius 1 is 1.58 bits per heavy atom. The molecule has 0 radical (unpaired) electrons. The molecule has 0 saturated heterocycles. The summed E-state index contributed by atoms with van der Waals surface area (Å²) in [5.41, 5.74) is 0.647. The molecule has 0 amide bonds. The summed E-state index contributed by atoms with van der Waals surface area (Å²) in [5.74, 6) is 0. The molecule has 6 nitrogen and oxygen atoms in total. The number of aromatic nitrogens is 1. The van der Waals surface area contributed by atoms with Crippen LogP contribution in [0.4, 0.5) is 11.4 Å². The third-order valence-corrected chi connectivity index (χ3v) is 3.47. The lowest BCUT2D eigenvalue weighted by molar-refractivity contribution is -0.384. The fraction of sp³-hybridized carbons (Fsp3) is 0.167. The lowest BCUT2D eigenvalue weighted by atomic mass is 10.1. The largest absolute Gasteiger partial charge is 0.370 e. The summed E-state index contributed by atoms with van der Waals surface area (Å²) in [4.78, 5) is 14.6. The Balaban J connectivity index is 2.32. The standard InChI is InChI=1S/C12H10N4O2S/c1-8(12-14-4-5-19-12)15-10-6-9(7-13)2-3-11(10)16(17)18/h2-6,8,15H,1H3. The van der Waals surface area contributed by atoms with Crippen LogP contribution >= 0.6 is 11.3 Å². The molecule has 0 bridgehead atoms. The minimum Gasteiger partial charge on any atom is -0.370 e. The number of hydrogen-bond donors (Lipinski definition) is 1. The van der Waals surface area contributed by atoms with Crippen molar-refractivity contribution in [3.05, 3.63) is 50.5 Å². The number of hydrogen-bond acceptors (Lipinski definition) is 6. The van der Waals surface area contributed by atoms with E-state index in [1.165, 1.54) is 29.5 Å². The number of nitro groups is 1. The van der Waals surface area contributed by atoms with E-state index in [0.717, 1.165) is 5.01 Å². The minimum absolute atomic E-state index is 0.0533. The van der Waals surface area contributed by atoms with Crippen molar-refractivity contribution in [1.29, 1.82) is 5.26 Å². The zero-order chi connectivity index (χ0) is 13.8. The molecule has 96 valence electrons. The molecule has 1 unspecified atom stereocenters. The Labute approximate surface area is 113 Å². The van der Waals surface area contributed by atoms with Crippen LogP contribution in [0.25, 0.3) is 0 Å². The van der Waals surface area contributed by atoms with Crippen LogP contribution in [-0.2, 0) is 0 Å². The van der Waals surface area contributed by atoms with E-state index in [4.69, 9.17) is 5.26 Å². The van der Waals surface area contributed by atoms with Gasteiger partial charge in [0.1, 0.15) is 10.7 Å². The van der Waals surface area contributed by atoms with Gasteiger partial charge in [-0.3, -0.25) is 10.1 Å². The van der Waals surface area contributed by atoms with E-state index < -0.39 is 4.92 Å². The van der Waals surface area contributed by atoms with Gasteiger partial charge >= 0.3 is 0 Å². The average Bonchev–Trinajstić information content (AvgIpc) is 2.92. The quantitative estimate of drug-likeness (QED) is 0.683. The van der Waals surface area contributed by atoms with E-state index in [1.54, 1.807) is 6.20 Å². The normalized spacial score (nSPS) is 11.6. The van der Waals surface area contributed by atoms with Crippen molar-refractivity contribution in [2.24, 2.45) is 0 Å². The fourth-order valence-corrected chi connectivity index (χ4v) is 2.27. The van der Waals surface area contributed by atoms with Crippen molar-refractivity contribution in [3.63, 3.8) is 0 Å². The average molecular weight is 274 g/mol. The number of thiazole rings is 1. The first-order valence-electron chi connectivity index (χ1n) is 5.46. The number of nitriles is 1. The second kappa shape index (κ2) is 5.46. The van der Waals surface area contributed by atoms with Crippen LogP contribution in [0.5, 0.6) is 0 Å². The summed E-state index contributed by atoms with van der Waals surface area (Å²) in [7, 11) is 0. The van der Waals surface area contributed by atoms with Gasteiger partial charge in [-0.1, -0.05) is 0 Å². The Kier molecular flexibility index (Phi) is 3.73. The van der Waals surface area contributed by atoms with Crippen molar-refractivity contribution >= 4 is 22.7 Å². The van der Waals surface area contributed by atoms with Crippen molar-refractivity contribution in [3.8, 4) is 6.07 Å². The van der Waals surface area contributed by atoms with Gasteiger partial charge in [0.2, 0.25) is 0 Å². The molecule has 0 aliphatic carbocycles. The van der Waals surface area contributed by atoms with Crippen LogP contribution in [0, 0.1) is 21.4 Å². The fourth-order valence-electron chi connectivity index (χ4n) is 1.62. The van der Waals surface area contributed by atoms with Gasteiger partial charge in [0.05, 0.1) is 22.6 Å². The topological polar surface area (TPSA) is 91.8 Å². The van der Waals surface area contributed by atoms with E-state index in [0.29, 0.717) is 11.3 Å². The molecule has 2 rings (SSSR count). The van der Waals surface area contributed by atoms with Crippen LogP contribution < -0.4 is 5.32 Å². The smallest absolute Gasteiger partial charge is 0.292 e. The van der Waals surface area contributed by atoms with Gasteiger partial charge in [0.15, 0.2) is 0 Å². The maximum absolute atomic E-state index is 11.0. The molecule has 1 aromatic carbocycles. The highest BCUT2D eigenvalue weighted by Gasteiger charge is 2.17. The summed E-state index contributed by atoms with van der Waals surface area (Å²) in [6, 6.07) is 6.04. The first kappa shape index (κ1) is 13.0. The molecule has 0 aliphatic rings. The predicted molar refractivity (Wildman–Crippen MR) is 72.0 cm³/mol. The molecule has 0 aliphatic heterocycles. The summed E-state index contributed by atoms with van der Waals surface area (Å²) < 4.78 is 0. The number of nitrogens with zero attached hydrogens (tertiary/aromatic N) is 3. The summed E-state index contributed by atoms with van der Waals surface area (Å²) in [6.07, 6.45) is 1.68. The molecular formula is C12H10N4O2S. The molecule has 1 aromatic heterocycles. The van der Waals surface area contributed by atoms with Gasteiger partial charge in [0.25, 0.3) is 5.69 Å². The van der Waals surface area contributed by atoms with Crippen LogP contribution in [0.2, 0.25) is 0 Å². The van der Waals surface area contributed by atoms with Crippen molar-refractivity contribution in [2.75, 3.05) is 5.32 Å². The van der Waals surface area contributed by atoms with Gasteiger partial charge < -0.3 is 5.32 Å². The highest BCUT2D eigenvalue weighted by atomic mass is 32.1. The van der Waals surface area contributed by atoms with E-state index in [2.05, 4.69) is 10.3 Å².